The molecule has 1 fully saturated rings. The normalized spacial score (nSPS) is 25.8. The molecule has 1 unspecified atom stereocenters. The number of rotatable bonds is 1. The Labute approximate surface area is 96.5 Å². The van der Waals surface area contributed by atoms with Gasteiger partial charge in [-0.25, -0.2) is 0 Å². The predicted molar refractivity (Wildman–Crippen MR) is 54.8 cm³/mol. The molecule has 1 aliphatic heterocycles. The molecule has 1 aliphatic rings. The molecule has 3 nitrogen and oxygen atoms in total. The monoisotopic (exact) mass is 266 g/mol. The molecule has 2 rings (SSSR count). The van der Waals surface area contributed by atoms with Crippen LogP contribution in [0.2, 0.25) is 0 Å². The van der Waals surface area contributed by atoms with Crippen molar-refractivity contribution in [2.75, 3.05) is 6.61 Å². The van der Waals surface area contributed by atoms with Crippen LogP contribution < -0.4 is 0 Å². The van der Waals surface area contributed by atoms with Crippen molar-refractivity contribution in [1.82, 2.24) is 0 Å². The van der Waals surface area contributed by atoms with Crippen LogP contribution in [-0.4, -0.2) is 6.61 Å². The fraction of sp³-hybridized carbons (Fsp3) is 0.400. The predicted octanol–water partition coefficient (Wildman–Crippen LogP) is 3.57. The van der Waals surface area contributed by atoms with Gasteiger partial charge in [0.2, 0.25) is 0 Å². The van der Waals surface area contributed by atoms with Crippen molar-refractivity contribution in [2.24, 2.45) is 0 Å². The van der Waals surface area contributed by atoms with E-state index in [1.165, 1.54) is 12.1 Å². The fourth-order valence-electron chi connectivity index (χ4n) is 1.61. The average molecular weight is 266 g/mol. The third-order valence-electron chi connectivity index (χ3n) is 2.42. The van der Waals surface area contributed by atoms with Gasteiger partial charge in [-0.1, -0.05) is 12.1 Å². The first-order valence-corrected chi connectivity index (χ1v) is 6.20. The zero-order valence-corrected chi connectivity index (χ0v) is 9.66. The summed E-state index contributed by atoms with van der Waals surface area (Å²) in [7, 11) is -2.57. The van der Waals surface area contributed by atoms with E-state index >= 15 is 0 Å². The van der Waals surface area contributed by atoms with Crippen molar-refractivity contribution < 1.29 is 26.8 Å². The molecular weight excluding hydrogens is 256 g/mol. The molecule has 0 spiro atoms. The van der Waals surface area contributed by atoms with Gasteiger partial charge in [-0.3, -0.25) is 4.57 Å². The summed E-state index contributed by atoms with van der Waals surface area (Å²) >= 11 is 0. The maximum absolute atomic E-state index is 12.5. The first-order chi connectivity index (χ1) is 7.97. The van der Waals surface area contributed by atoms with Crippen molar-refractivity contribution in [3.05, 3.63) is 35.4 Å². The summed E-state index contributed by atoms with van der Waals surface area (Å²) in [4.78, 5) is 0. The Hall–Kier alpha value is -0.840. The number of hydrogen-bond donors (Lipinski definition) is 0. The first-order valence-electron chi connectivity index (χ1n) is 4.97. The average Bonchev–Trinajstić information content (AvgIpc) is 2.28. The molecule has 0 radical (unpaired) electrons. The lowest BCUT2D eigenvalue weighted by Crippen LogP contribution is -2.11. The zero-order chi connectivity index (χ0) is 12.5. The van der Waals surface area contributed by atoms with Crippen molar-refractivity contribution in [3.63, 3.8) is 0 Å². The minimum Gasteiger partial charge on any atom is -0.311 e. The standard InChI is InChI=1S/C10H10F3O3P/c11-10(12,13)8-3-1-2-7(6-8)9-4-5-15-17(14)16-9/h1-3,6,9,17H,4-5H2/t9-/m0/s1. The van der Waals surface area contributed by atoms with Crippen molar-refractivity contribution in [2.45, 2.75) is 18.7 Å². The summed E-state index contributed by atoms with van der Waals surface area (Å²) in [6.45, 7) is 0.235. The molecule has 17 heavy (non-hydrogen) atoms. The lowest BCUT2D eigenvalue weighted by Gasteiger charge is -2.23. The molecule has 0 aliphatic carbocycles. The van der Waals surface area contributed by atoms with E-state index in [0.29, 0.717) is 12.0 Å². The van der Waals surface area contributed by atoms with Crippen LogP contribution in [0.5, 0.6) is 0 Å². The Balaban J connectivity index is 2.24. The second-order valence-corrected chi connectivity index (χ2v) is 4.64. The van der Waals surface area contributed by atoms with Gasteiger partial charge in [-0.15, -0.1) is 0 Å². The van der Waals surface area contributed by atoms with E-state index in [-0.39, 0.29) is 6.61 Å². The van der Waals surface area contributed by atoms with Crippen molar-refractivity contribution >= 4 is 8.25 Å². The molecular formula is C10H10F3O3P. The van der Waals surface area contributed by atoms with Crippen LogP contribution >= 0.6 is 8.25 Å². The third kappa shape index (κ3) is 3.09. The number of halogens is 3. The second kappa shape index (κ2) is 4.80. The van der Waals surface area contributed by atoms with Gasteiger partial charge in [0, 0.05) is 6.42 Å². The molecule has 1 saturated heterocycles. The van der Waals surface area contributed by atoms with Crippen LogP contribution in [0.3, 0.4) is 0 Å². The van der Waals surface area contributed by atoms with Gasteiger partial charge in [0.15, 0.2) is 0 Å². The quantitative estimate of drug-likeness (QED) is 0.729. The van der Waals surface area contributed by atoms with Gasteiger partial charge in [0.05, 0.1) is 18.3 Å². The fourth-order valence-corrected chi connectivity index (χ4v) is 2.45. The molecule has 2 atom stereocenters. The van der Waals surface area contributed by atoms with E-state index in [0.717, 1.165) is 12.1 Å². The first kappa shape index (κ1) is 12.6. The summed E-state index contributed by atoms with van der Waals surface area (Å²) in [5.41, 5.74) is -0.355. The van der Waals surface area contributed by atoms with Crippen LogP contribution in [0.15, 0.2) is 24.3 Å². The van der Waals surface area contributed by atoms with Gasteiger partial charge in [0.1, 0.15) is 0 Å². The van der Waals surface area contributed by atoms with E-state index in [4.69, 9.17) is 9.05 Å². The second-order valence-electron chi connectivity index (χ2n) is 3.62. The molecule has 0 N–H and O–H groups in total. The minimum atomic E-state index is -4.38. The van der Waals surface area contributed by atoms with E-state index in [1.807, 2.05) is 0 Å². The number of hydrogen-bond acceptors (Lipinski definition) is 3. The summed E-state index contributed by atoms with van der Waals surface area (Å²) in [5.74, 6) is 0. The largest absolute Gasteiger partial charge is 0.416 e. The number of benzene rings is 1. The SMILES string of the molecule is O=[PH]1OCC[C@@H](c2cccc(C(F)(F)F)c2)O1. The lowest BCUT2D eigenvalue weighted by atomic mass is 10.0. The Morgan fingerprint density at radius 1 is 1.35 bits per heavy atom. The molecule has 0 amide bonds. The summed E-state index contributed by atoms with van der Waals surface area (Å²) in [6.07, 6.45) is -4.57. The smallest absolute Gasteiger partial charge is 0.311 e. The highest BCUT2D eigenvalue weighted by Crippen LogP contribution is 2.41. The van der Waals surface area contributed by atoms with Crippen LogP contribution in [-0.2, 0) is 19.8 Å². The van der Waals surface area contributed by atoms with Crippen LogP contribution in [0, 0.1) is 0 Å². The van der Waals surface area contributed by atoms with Crippen LogP contribution in [0.4, 0.5) is 13.2 Å². The van der Waals surface area contributed by atoms with E-state index < -0.39 is 26.1 Å². The van der Waals surface area contributed by atoms with Crippen LogP contribution in [0.25, 0.3) is 0 Å². The highest BCUT2D eigenvalue weighted by molar-refractivity contribution is 7.33. The van der Waals surface area contributed by atoms with E-state index in [2.05, 4.69) is 0 Å². The molecule has 7 heteroatoms. The molecule has 0 saturated carbocycles. The Kier molecular flexibility index (Phi) is 3.56. The summed E-state index contributed by atoms with van der Waals surface area (Å²) < 4.78 is 58.2. The van der Waals surface area contributed by atoms with Gasteiger partial charge in [0.25, 0.3) is 0 Å². The lowest BCUT2D eigenvalue weighted by molar-refractivity contribution is -0.137. The molecule has 1 aromatic carbocycles. The molecule has 1 heterocycles. The van der Waals surface area contributed by atoms with Gasteiger partial charge < -0.3 is 9.05 Å². The van der Waals surface area contributed by atoms with Gasteiger partial charge in [-0.2, -0.15) is 13.2 Å². The van der Waals surface area contributed by atoms with E-state index in [9.17, 15) is 17.7 Å². The van der Waals surface area contributed by atoms with Crippen molar-refractivity contribution in [1.29, 1.82) is 0 Å². The summed E-state index contributed by atoms with van der Waals surface area (Å²) in [6, 6.07) is 4.85. The number of alkyl halides is 3. The van der Waals surface area contributed by atoms with Crippen LogP contribution in [0.1, 0.15) is 23.7 Å². The minimum absolute atomic E-state index is 0.235. The van der Waals surface area contributed by atoms with E-state index in [1.54, 1.807) is 0 Å². The Bertz CT molecular complexity index is 433. The van der Waals surface area contributed by atoms with Gasteiger partial charge >= 0.3 is 14.4 Å². The maximum atomic E-state index is 12.5. The Morgan fingerprint density at radius 2 is 2.12 bits per heavy atom. The maximum Gasteiger partial charge on any atom is 0.416 e. The van der Waals surface area contributed by atoms with Crippen molar-refractivity contribution in [3.8, 4) is 0 Å². The summed E-state index contributed by atoms with van der Waals surface area (Å²) in [5, 5.41) is 0. The topological polar surface area (TPSA) is 35.5 Å². The molecule has 0 bridgehead atoms. The highest BCUT2D eigenvalue weighted by Gasteiger charge is 2.31. The molecule has 1 aromatic rings. The van der Waals surface area contributed by atoms with Gasteiger partial charge in [-0.05, 0) is 17.7 Å². The zero-order valence-electron chi connectivity index (χ0n) is 8.66. The molecule has 0 aromatic heterocycles. The third-order valence-corrected chi connectivity index (χ3v) is 3.34. The highest BCUT2D eigenvalue weighted by atomic mass is 31.1. The molecule has 94 valence electrons. The Morgan fingerprint density at radius 3 is 2.76 bits per heavy atom.